The Hall–Kier alpha value is -2.58. The minimum absolute atomic E-state index is 0.227. The molecule has 0 radical (unpaired) electrons. The molecule has 0 spiro atoms. The van der Waals surface area contributed by atoms with E-state index in [1.807, 2.05) is 0 Å². The molecule has 144 valence electrons. The highest BCUT2D eigenvalue weighted by atomic mass is 19.4. The van der Waals surface area contributed by atoms with Gasteiger partial charge in [-0.1, -0.05) is 6.92 Å². The van der Waals surface area contributed by atoms with Crippen LogP contribution in [0.1, 0.15) is 30.6 Å². The second-order valence-electron chi connectivity index (χ2n) is 5.39. The fourth-order valence-electron chi connectivity index (χ4n) is 1.84. The minimum atomic E-state index is -4.29. The van der Waals surface area contributed by atoms with Gasteiger partial charge in [-0.2, -0.15) is 13.2 Å². The zero-order valence-electron chi connectivity index (χ0n) is 14.7. The van der Waals surface area contributed by atoms with Crippen LogP contribution in [0.4, 0.5) is 18.9 Å². The minimum Gasteiger partial charge on any atom is -0.495 e. The van der Waals surface area contributed by atoms with Gasteiger partial charge in [-0.25, -0.2) is 4.79 Å². The smallest absolute Gasteiger partial charge is 0.391 e. The first kappa shape index (κ1) is 21.5. The fourth-order valence-corrected chi connectivity index (χ4v) is 1.84. The Morgan fingerprint density at radius 2 is 2.04 bits per heavy atom. The number of esters is 1. The number of carbonyl (C=O) groups is 2. The quantitative estimate of drug-likeness (QED) is 0.558. The molecule has 1 aromatic carbocycles. The molecule has 0 saturated heterocycles. The van der Waals surface area contributed by atoms with Crippen molar-refractivity contribution < 1.29 is 32.2 Å². The molecule has 0 aliphatic rings. The van der Waals surface area contributed by atoms with E-state index in [2.05, 4.69) is 10.3 Å². The van der Waals surface area contributed by atoms with Crippen LogP contribution in [0, 0.1) is 5.92 Å². The molecule has 0 aromatic heterocycles. The van der Waals surface area contributed by atoms with E-state index in [-0.39, 0.29) is 30.9 Å². The summed E-state index contributed by atoms with van der Waals surface area (Å²) in [4.78, 5) is 27.2. The van der Waals surface area contributed by atoms with E-state index in [9.17, 15) is 22.8 Å². The fraction of sp³-hybridized carbons (Fsp3) is 0.471. The number of halogens is 3. The van der Waals surface area contributed by atoms with Gasteiger partial charge in [0.1, 0.15) is 12.3 Å². The Morgan fingerprint density at radius 3 is 2.62 bits per heavy atom. The third-order valence-corrected chi connectivity index (χ3v) is 3.37. The van der Waals surface area contributed by atoms with E-state index in [1.54, 1.807) is 6.92 Å². The summed E-state index contributed by atoms with van der Waals surface area (Å²) in [5, 5.41) is 2.53. The number of nitrogens with one attached hydrogen (secondary N) is 1. The van der Waals surface area contributed by atoms with Gasteiger partial charge >= 0.3 is 12.1 Å². The van der Waals surface area contributed by atoms with Gasteiger partial charge in [-0.15, -0.1) is 0 Å². The van der Waals surface area contributed by atoms with Gasteiger partial charge < -0.3 is 14.8 Å². The number of carbonyl (C=O) groups excluding carboxylic acids is 2. The second-order valence-corrected chi connectivity index (χ2v) is 5.39. The van der Waals surface area contributed by atoms with Crippen LogP contribution in [-0.2, 0) is 9.53 Å². The predicted molar refractivity (Wildman–Crippen MR) is 90.8 cm³/mol. The molecule has 0 bridgehead atoms. The number of aliphatic imine (C=N–C) groups is 1. The molecule has 6 nitrogen and oxygen atoms in total. The van der Waals surface area contributed by atoms with Gasteiger partial charge in [0.05, 0.1) is 30.9 Å². The number of anilines is 1. The third-order valence-electron chi connectivity index (χ3n) is 3.37. The summed E-state index contributed by atoms with van der Waals surface area (Å²) in [6.07, 6.45) is -3.50. The number of alkyl halides is 3. The lowest BCUT2D eigenvalue weighted by Crippen LogP contribution is -2.20. The monoisotopic (exact) mass is 374 g/mol. The van der Waals surface area contributed by atoms with Crippen molar-refractivity contribution >= 4 is 23.8 Å². The van der Waals surface area contributed by atoms with Crippen LogP contribution in [-0.4, -0.2) is 44.5 Å². The number of ether oxygens (including phenoxy) is 2. The first-order chi connectivity index (χ1) is 12.2. The van der Waals surface area contributed by atoms with E-state index < -0.39 is 24.0 Å². The van der Waals surface area contributed by atoms with Crippen LogP contribution in [0.2, 0.25) is 0 Å². The number of hydrogen-bond donors (Lipinski definition) is 1. The second kappa shape index (κ2) is 9.79. The van der Waals surface area contributed by atoms with Crippen LogP contribution < -0.4 is 10.1 Å². The van der Waals surface area contributed by atoms with Crippen molar-refractivity contribution in [2.24, 2.45) is 10.9 Å². The molecule has 0 fully saturated rings. The molecular weight excluding hydrogens is 353 g/mol. The maximum atomic E-state index is 12.4. The standard InChI is InChI=1S/C17H21F3N2O4/c1-4-26-16(24)12-5-6-13(14(9-12)25-3)22-15(23)10-21-8-7-11(2)17(18,19)20/h5-6,8-9,11H,4,7,10H2,1-3H3,(H,22,23). The summed E-state index contributed by atoms with van der Waals surface area (Å²) in [5.41, 5.74) is 0.574. The highest BCUT2D eigenvalue weighted by molar-refractivity contribution is 5.96. The molecule has 0 aliphatic heterocycles. The average Bonchev–Trinajstić information content (AvgIpc) is 2.58. The molecule has 0 saturated carbocycles. The molecule has 0 heterocycles. The summed E-state index contributed by atoms with van der Waals surface area (Å²) in [6, 6.07) is 4.35. The van der Waals surface area contributed by atoms with Crippen LogP contribution in [0.5, 0.6) is 5.75 Å². The van der Waals surface area contributed by atoms with Crippen molar-refractivity contribution in [2.75, 3.05) is 25.6 Å². The Balaban J connectivity index is 2.65. The molecule has 1 unspecified atom stereocenters. The van der Waals surface area contributed by atoms with Gasteiger partial charge in [0.15, 0.2) is 0 Å². The van der Waals surface area contributed by atoms with Crippen molar-refractivity contribution in [3.05, 3.63) is 23.8 Å². The Kier molecular flexibility index (Phi) is 8.08. The highest BCUT2D eigenvalue weighted by Crippen LogP contribution is 2.27. The first-order valence-corrected chi connectivity index (χ1v) is 7.89. The number of amides is 1. The van der Waals surface area contributed by atoms with Crippen LogP contribution in [0.25, 0.3) is 0 Å². The summed E-state index contributed by atoms with van der Waals surface area (Å²) in [7, 11) is 1.37. The van der Waals surface area contributed by atoms with E-state index in [4.69, 9.17) is 9.47 Å². The van der Waals surface area contributed by atoms with Gasteiger partial charge in [-0.3, -0.25) is 9.79 Å². The SMILES string of the molecule is CCOC(=O)c1ccc(NC(=O)CN=CCC(C)C(F)(F)F)c(OC)c1. The number of methoxy groups -OCH3 is 1. The molecule has 0 aliphatic carbocycles. The molecule has 1 rings (SSSR count). The average molecular weight is 374 g/mol. The van der Waals surface area contributed by atoms with Crippen molar-refractivity contribution in [1.29, 1.82) is 0 Å². The van der Waals surface area contributed by atoms with E-state index in [1.165, 1.54) is 25.3 Å². The summed E-state index contributed by atoms with van der Waals surface area (Å²) in [6.45, 7) is 2.62. The van der Waals surface area contributed by atoms with Crippen LogP contribution in [0.15, 0.2) is 23.2 Å². The molecule has 1 atom stereocenters. The van der Waals surface area contributed by atoms with Gasteiger partial charge in [-0.05, 0) is 37.8 Å². The largest absolute Gasteiger partial charge is 0.495 e. The topological polar surface area (TPSA) is 77.0 Å². The summed E-state index contributed by atoms with van der Waals surface area (Å²) in [5.74, 6) is -2.32. The van der Waals surface area contributed by atoms with Gasteiger partial charge in [0, 0.05) is 0 Å². The van der Waals surface area contributed by atoms with Crippen molar-refractivity contribution in [1.82, 2.24) is 0 Å². The lowest BCUT2D eigenvalue weighted by Gasteiger charge is -2.12. The molecule has 1 aromatic rings. The molecule has 1 N–H and O–H groups in total. The number of benzene rings is 1. The molecule has 26 heavy (non-hydrogen) atoms. The van der Waals surface area contributed by atoms with E-state index >= 15 is 0 Å². The number of rotatable bonds is 8. The Bertz CT molecular complexity index is 660. The normalized spacial score (nSPS) is 12.7. The Morgan fingerprint density at radius 1 is 1.35 bits per heavy atom. The molecular formula is C17H21F3N2O4. The maximum Gasteiger partial charge on any atom is 0.391 e. The van der Waals surface area contributed by atoms with Crippen molar-refractivity contribution in [3.8, 4) is 5.75 Å². The zero-order chi connectivity index (χ0) is 19.7. The lowest BCUT2D eigenvalue weighted by molar-refractivity contribution is -0.167. The summed E-state index contributed by atoms with van der Waals surface area (Å²) >= 11 is 0. The van der Waals surface area contributed by atoms with Gasteiger partial charge in [0.25, 0.3) is 0 Å². The first-order valence-electron chi connectivity index (χ1n) is 7.89. The van der Waals surface area contributed by atoms with Crippen molar-refractivity contribution in [3.63, 3.8) is 0 Å². The number of hydrogen-bond acceptors (Lipinski definition) is 5. The predicted octanol–water partition coefficient (Wildman–Crippen LogP) is 3.47. The van der Waals surface area contributed by atoms with Crippen molar-refractivity contribution in [2.45, 2.75) is 26.4 Å². The zero-order valence-corrected chi connectivity index (χ0v) is 14.7. The van der Waals surface area contributed by atoms with Crippen LogP contribution >= 0.6 is 0 Å². The van der Waals surface area contributed by atoms with E-state index in [0.29, 0.717) is 5.69 Å². The maximum absolute atomic E-state index is 12.4. The van der Waals surface area contributed by atoms with Crippen LogP contribution in [0.3, 0.4) is 0 Å². The summed E-state index contributed by atoms with van der Waals surface area (Å²) < 4.78 is 47.1. The van der Waals surface area contributed by atoms with E-state index in [0.717, 1.165) is 13.1 Å². The third kappa shape index (κ3) is 6.73. The molecule has 9 heteroatoms. The number of nitrogens with zero attached hydrogens (tertiary/aromatic N) is 1. The highest BCUT2D eigenvalue weighted by Gasteiger charge is 2.34. The molecule has 1 amide bonds. The lowest BCUT2D eigenvalue weighted by atomic mass is 10.1. The Labute approximate surface area is 149 Å². The van der Waals surface area contributed by atoms with Gasteiger partial charge in [0.2, 0.25) is 5.91 Å².